The zero-order valence-electron chi connectivity index (χ0n) is 13.5. The molecule has 0 radical (unpaired) electrons. The lowest BCUT2D eigenvalue weighted by Crippen LogP contribution is -2.31. The number of nitro groups is 3. The van der Waals surface area contributed by atoms with Crippen molar-refractivity contribution in [2.75, 3.05) is 5.43 Å². The van der Waals surface area contributed by atoms with Crippen molar-refractivity contribution in [1.82, 2.24) is 5.43 Å². The lowest BCUT2D eigenvalue weighted by atomic mass is 10.1. The molecule has 0 aliphatic rings. The molecule has 144 valence electrons. The quantitative estimate of drug-likeness (QED) is 0.460. The van der Waals surface area contributed by atoms with Gasteiger partial charge in [-0.05, 0) is 12.1 Å². The van der Waals surface area contributed by atoms with E-state index in [9.17, 15) is 39.9 Å². The van der Waals surface area contributed by atoms with Gasteiger partial charge in [-0.25, -0.2) is 4.79 Å². The highest BCUT2D eigenvalue weighted by Crippen LogP contribution is 2.28. The predicted octanol–water partition coefficient (Wildman–Crippen LogP) is 1.87. The molecule has 2 aromatic rings. The van der Waals surface area contributed by atoms with Crippen LogP contribution in [0.4, 0.5) is 22.7 Å². The van der Waals surface area contributed by atoms with Crippen LogP contribution in [0.15, 0.2) is 36.4 Å². The fourth-order valence-corrected chi connectivity index (χ4v) is 2.10. The number of nitro benzene ring substituents is 3. The number of anilines is 1. The molecular formula is C14H9N5O9. The number of rotatable bonds is 7. The molecule has 0 bridgehead atoms. The molecule has 1 amide bonds. The Hall–Kier alpha value is -4.62. The Kier molecular flexibility index (Phi) is 5.44. The van der Waals surface area contributed by atoms with Gasteiger partial charge in [-0.1, -0.05) is 0 Å². The van der Waals surface area contributed by atoms with Crippen molar-refractivity contribution in [1.29, 1.82) is 0 Å². The molecule has 0 saturated heterocycles. The van der Waals surface area contributed by atoms with Crippen molar-refractivity contribution in [2.24, 2.45) is 0 Å². The topological polar surface area (TPSA) is 208 Å². The van der Waals surface area contributed by atoms with E-state index < -0.39 is 54.8 Å². The summed E-state index contributed by atoms with van der Waals surface area (Å²) in [5, 5.41) is 41.7. The number of hydrogen-bond acceptors (Lipinski definition) is 9. The number of benzene rings is 2. The number of carbonyl (C=O) groups excluding carboxylic acids is 1. The van der Waals surface area contributed by atoms with Crippen molar-refractivity contribution in [2.45, 2.75) is 0 Å². The molecule has 2 aromatic carbocycles. The van der Waals surface area contributed by atoms with Gasteiger partial charge >= 0.3 is 11.7 Å². The van der Waals surface area contributed by atoms with Crippen molar-refractivity contribution in [3.8, 4) is 0 Å². The number of non-ortho nitro benzene ring substituents is 2. The maximum absolute atomic E-state index is 12.2. The number of carboxylic acids is 1. The van der Waals surface area contributed by atoms with E-state index in [-0.39, 0.29) is 5.69 Å². The first kappa shape index (κ1) is 19.7. The van der Waals surface area contributed by atoms with Gasteiger partial charge in [0, 0.05) is 18.2 Å². The number of carbonyl (C=O) groups is 2. The zero-order chi connectivity index (χ0) is 21.0. The minimum Gasteiger partial charge on any atom is -0.478 e. The number of hydrogen-bond donors (Lipinski definition) is 3. The molecule has 0 fully saturated rings. The van der Waals surface area contributed by atoms with Crippen LogP contribution in [0, 0.1) is 30.3 Å². The van der Waals surface area contributed by atoms with E-state index in [4.69, 9.17) is 5.11 Å². The molecule has 14 heteroatoms. The van der Waals surface area contributed by atoms with Gasteiger partial charge in [0.1, 0.15) is 5.69 Å². The largest absolute Gasteiger partial charge is 0.478 e. The molecule has 2 rings (SSSR count). The van der Waals surface area contributed by atoms with Crippen LogP contribution in [0.5, 0.6) is 0 Å². The van der Waals surface area contributed by atoms with Crippen LogP contribution < -0.4 is 10.9 Å². The summed E-state index contributed by atoms with van der Waals surface area (Å²) in [5.74, 6) is -2.66. The Morgan fingerprint density at radius 2 is 1.39 bits per heavy atom. The monoisotopic (exact) mass is 391 g/mol. The standard InChI is InChI=1S/C14H9N5O9/c20-13(10-5-7(17(23)24)1-3-9(10)14(21)22)16-15-11-4-2-8(18(25)26)6-12(11)19(27)28/h1-6,15H,(H,16,20)(H,21,22). The van der Waals surface area contributed by atoms with Gasteiger partial charge in [0.2, 0.25) is 0 Å². The molecule has 0 aliphatic heterocycles. The zero-order valence-corrected chi connectivity index (χ0v) is 13.5. The van der Waals surface area contributed by atoms with Gasteiger partial charge in [0.15, 0.2) is 0 Å². The molecular weight excluding hydrogens is 382 g/mol. The van der Waals surface area contributed by atoms with E-state index in [1.54, 1.807) is 0 Å². The van der Waals surface area contributed by atoms with Crippen molar-refractivity contribution >= 4 is 34.6 Å². The highest BCUT2D eigenvalue weighted by molar-refractivity contribution is 6.05. The number of aromatic carboxylic acids is 1. The Morgan fingerprint density at radius 3 is 1.93 bits per heavy atom. The Labute approximate surface area is 153 Å². The van der Waals surface area contributed by atoms with Gasteiger partial charge < -0.3 is 5.11 Å². The first-order chi connectivity index (χ1) is 13.1. The van der Waals surface area contributed by atoms with Crippen LogP contribution in [-0.4, -0.2) is 31.8 Å². The summed E-state index contributed by atoms with van der Waals surface area (Å²) in [6.45, 7) is 0. The van der Waals surface area contributed by atoms with Gasteiger partial charge in [0.05, 0.1) is 32.0 Å². The van der Waals surface area contributed by atoms with Crippen LogP contribution >= 0.6 is 0 Å². The predicted molar refractivity (Wildman–Crippen MR) is 90.9 cm³/mol. The smallest absolute Gasteiger partial charge is 0.336 e. The summed E-state index contributed by atoms with van der Waals surface area (Å²) in [4.78, 5) is 53.4. The average Bonchev–Trinajstić information content (AvgIpc) is 2.64. The highest BCUT2D eigenvalue weighted by Gasteiger charge is 2.23. The minimum atomic E-state index is -1.53. The van der Waals surface area contributed by atoms with Crippen molar-refractivity contribution in [3.63, 3.8) is 0 Å². The second-order valence-electron chi connectivity index (χ2n) is 5.09. The summed E-state index contributed by atoms with van der Waals surface area (Å²) < 4.78 is 0. The number of hydrazine groups is 1. The summed E-state index contributed by atoms with van der Waals surface area (Å²) in [7, 11) is 0. The minimum absolute atomic E-state index is 0.328. The first-order valence-electron chi connectivity index (χ1n) is 7.12. The molecule has 0 saturated carbocycles. The molecule has 3 N–H and O–H groups in total. The molecule has 28 heavy (non-hydrogen) atoms. The van der Waals surface area contributed by atoms with Gasteiger partial charge in [-0.15, -0.1) is 0 Å². The van der Waals surface area contributed by atoms with Crippen LogP contribution in [0.2, 0.25) is 0 Å². The highest BCUT2D eigenvalue weighted by atomic mass is 16.6. The van der Waals surface area contributed by atoms with Crippen LogP contribution in [-0.2, 0) is 0 Å². The van der Waals surface area contributed by atoms with Crippen LogP contribution in [0.25, 0.3) is 0 Å². The van der Waals surface area contributed by atoms with E-state index in [1.807, 2.05) is 5.43 Å². The molecule has 14 nitrogen and oxygen atoms in total. The van der Waals surface area contributed by atoms with Crippen LogP contribution in [0.3, 0.4) is 0 Å². The fourth-order valence-electron chi connectivity index (χ4n) is 2.10. The van der Waals surface area contributed by atoms with E-state index >= 15 is 0 Å². The molecule has 0 aliphatic carbocycles. The summed E-state index contributed by atoms with van der Waals surface area (Å²) >= 11 is 0. The third kappa shape index (κ3) is 4.13. The number of carboxylic acid groups (broad SMARTS) is 1. The van der Waals surface area contributed by atoms with Crippen LogP contribution in [0.1, 0.15) is 20.7 Å². The van der Waals surface area contributed by atoms with E-state index in [1.165, 1.54) is 0 Å². The maximum atomic E-state index is 12.2. The van der Waals surface area contributed by atoms with Gasteiger partial charge in [-0.2, -0.15) is 0 Å². The van der Waals surface area contributed by atoms with E-state index in [0.717, 1.165) is 30.3 Å². The number of nitrogens with one attached hydrogen (secondary N) is 2. The second-order valence-corrected chi connectivity index (χ2v) is 5.09. The normalized spacial score (nSPS) is 10.0. The number of amides is 1. The van der Waals surface area contributed by atoms with Gasteiger partial charge in [-0.3, -0.25) is 46.0 Å². The third-order valence-corrected chi connectivity index (χ3v) is 3.39. The lowest BCUT2D eigenvalue weighted by Gasteiger charge is -2.10. The summed E-state index contributed by atoms with van der Waals surface area (Å²) in [6.07, 6.45) is 0. The Morgan fingerprint density at radius 1 is 0.821 bits per heavy atom. The molecule has 0 aromatic heterocycles. The van der Waals surface area contributed by atoms with Crippen molar-refractivity contribution in [3.05, 3.63) is 77.9 Å². The number of nitrogens with zero attached hydrogens (tertiary/aromatic N) is 3. The molecule has 0 atom stereocenters. The Bertz CT molecular complexity index is 1020. The maximum Gasteiger partial charge on any atom is 0.336 e. The molecule has 0 heterocycles. The van der Waals surface area contributed by atoms with Gasteiger partial charge in [0.25, 0.3) is 17.3 Å². The fraction of sp³-hybridized carbons (Fsp3) is 0. The third-order valence-electron chi connectivity index (χ3n) is 3.39. The molecule has 0 unspecified atom stereocenters. The second kappa shape index (κ2) is 7.73. The molecule has 0 spiro atoms. The van der Waals surface area contributed by atoms with E-state index in [2.05, 4.69) is 5.43 Å². The average molecular weight is 391 g/mol. The summed E-state index contributed by atoms with van der Waals surface area (Å²) in [6, 6.07) is 5.05. The first-order valence-corrected chi connectivity index (χ1v) is 7.12. The van der Waals surface area contributed by atoms with E-state index in [0.29, 0.717) is 6.07 Å². The Balaban J connectivity index is 2.33. The SMILES string of the molecule is O=C(O)c1ccc([N+](=O)[O-])cc1C(=O)NNc1ccc([N+](=O)[O-])cc1[N+](=O)[O-]. The van der Waals surface area contributed by atoms with Crippen molar-refractivity contribution < 1.29 is 29.5 Å². The lowest BCUT2D eigenvalue weighted by molar-refractivity contribution is -0.393. The summed E-state index contributed by atoms with van der Waals surface area (Å²) in [5.41, 5.74) is 0.847.